The first-order valence-corrected chi connectivity index (χ1v) is 6.89. The second-order valence-electron chi connectivity index (χ2n) is 3.74. The molecule has 0 atom stereocenters. The molecule has 2 aromatic carbocycles. The number of benzene rings is 2. The van der Waals surface area contributed by atoms with Crippen LogP contribution in [-0.4, -0.2) is 19.6 Å². The molecule has 0 fully saturated rings. The van der Waals surface area contributed by atoms with Crippen LogP contribution in [0.2, 0.25) is 0 Å². The Morgan fingerprint density at radius 2 is 1.50 bits per heavy atom. The molecular weight excluding hydrogens is 302 g/mol. The van der Waals surface area contributed by atoms with E-state index in [1.54, 1.807) is 30.3 Å². The van der Waals surface area contributed by atoms with Crippen molar-refractivity contribution in [2.75, 3.05) is 5.32 Å². The highest BCUT2D eigenvalue weighted by atomic mass is 35.5. The van der Waals surface area contributed by atoms with Crippen molar-refractivity contribution < 1.29 is 18.3 Å². The number of carbonyl (C=O) groups is 1. The van der Waals surface area contributed by atoms with Gasteiger partial charge in [-0.05, 0) is 24.3 Å². The van der Waals surface area contributed by atoms with E-state index in [9.17, 15) is 13.2 Å². The lowest BCUT2D eigenvalue weighted by atomic mass is 10.3. The van der Waals surface area contributed by atoms with Crippen LogP contribution in [0.4, 0.5) is 10.5 Å². The molecule has 7 heteroatoms. The molecule has 0 aliphatic rings. The molecule has 0 saturated heterocycles. The number of sulfone groups is 1. The number of halogens is 1. The van der Waals surface area contributed by atoms with Gasteiger partial charge in [-0.25, -0.2) is 13.2 Å². The summed E-state index contributed by atoms with van der Waals surface area (Å²) in [6.07, 6.45) is -1.31. The zero-order valence-electron chi connectivity index (χ0n) is 10.2. The van der Waals surface area contributed by atoms with Gasteiger partial charge in [0.1, 0.15) is 0 Å². The number of amides is 1. The van der Waals surface area contributed by atoms with E-state index in [1.807, 2.05) is 0 Å². The highest BCUT2D eigenvalue weighted by Gasteiger charge is 2.21. The van der Waals surface area contributed by atoms with E-state index in [0.717, 1.165) is 0 Å². The van der Waals surface area contributed by atoms with Crippen molar-refractivity contribution in [3.63, 3.8) is 0 Å². The van der Waals surface area contributed by atoms with Gasteiger partial charge in [-0.1, -0.05) is 30.3 Å². The molecule has 0 heterocycles. The molecule has 2 N–H and O–H groups in total. The van der Waals surface area contributed by atoms with E-state index in [-0.39, 0.29) is 27.9 Å². The lowest BCUT2D eigenvalue weighted by Gasteiger charge is -2.09. The van der Waals surface area contributed by atoms with Gasteiger partial charge in [0.05, 0.1) is 15.5 Å². The molecule has 2 rings (SSSR count). The Morgan fingerprint density at radius 3 is 2.10 bits per heavy atom. The normalized spacial score (nSPS) is 10.4. The highest BCUT2D eigenvalue weighted by molar-refractivity contribution is 7.91. The number of para-hydroxylation sites is 1. The minimum Gasteiger partial charge on any atom is -0.465 e. The molecule has 0 radical (unpaired) electrons. The topological polar surface area (TPSA) is 83.5 Å². The van der Waals surface area contributed by atoms with E-state index in [4.69, 9.17) is 5.11 Å². The molecule has 1 amide bonds. The van der Waals surface area contributed by atoms with Gasteiger partial charge in [0, 0.05) is 0 Å². The molecule has 0 unspecified atom stereocenters. The Bertz CT molecular complexity index is 701. The van der Waals surface area contributed by atoms with Gasteiger partial charge >= 0.3 is 6.09 Å². The smallest absolute Gasteiger partial charge is 0.409 e. The van der Waals surface area contributed by atoms with Crippen LogP contribution in [0.5, 0.6) is 0 Å². The molecule has 0 saturated carbocycles. The fourth-order valence-corrected chi connectivity index (χ4v) is 3.08. The second-order valence-corrected chi connectivity index (χ2v) is 5.66. The van der Waals surface area contributed by atoms with Gasteiger partial charge in [-0.2, -0.15) is 0 Å². The van der Waals surface area contributed by atoms with E-state index in [2.05, 4.69) is 5.32 Å². The van der Waals surface area contributed by atoms with E-state index < -0.39 is 15.9 Å². The van der Waals surface area contributed by atoms with Crippen LogP contribution in [-0.2, 0) is 9.84 Å². The number of carboxylic acid groups (broad SMARTS) is 1. The standard InChI is InChI=1S/C13H11NO4S.ClH/c15-13(16)14-11-8-4-5-9-12(11)19(17,18)10-6-2-1-3-7-10;/h1-9,14H,(H,15,16);1H. The average Bonchev–Trinajstić information content (AvgIpc) is 2.39. The van der Waals surface area contributed by atoms with Gasteiger partial charge in [0.25, 0.3) is 0 Å². The maximum Gasteiger partial charge on any atom is 0.409 e. The van der Waals surface area contributed by atoms with E-state index in [0.29, 0.717) is 0 Å². The molecule has 2 aromatic rings. The van der Waals surface area contributed by atoms with E-state index in [1.165, 1.54) is 24.3 Å². The van der Waals surface area contributed by atoms with Crippen LogP contribution in [0.1, 0.15) is 0 Å². The number of hydrogen-bond acceptors (Lipinski definition) is 3. The average molecular weight is 314 g/mol. The Hall–Kier alpha value is -2.05. The summed E-state index contributed by atoms with van der Waals surface area (Å²) in [4.78, 5) is 10.7. The monoisotopic (exact) mass is 313 g/mol. The summed E-state index contributed by atoms with van der Waals surface area (Å²) >= 11 is 0. The predicted octanol–water partition coefficient (Wildman–Crippen LogP) is 3.03. The SMILES string of the molecule is Cl.O=C(O)Nc1ccccc1S(=O)(=O)c1ccccc1. The summed E-state index contributed by atoms with van der Waals surface area (Å²) in [6, 6.07) is 13.7. The lowest BCUT2D eigenvalue weighted by molar-refractivity contribution is 0.209. The van der Waals surface area contributed by atoms with Crippen LogP contribution in [0.15, 0.2) is 64.4 Å². The first-order valence-electron chi connectivity index (χ1n) is 5.41. The van der Waals surface area contributed by atoms with Crippen molar-refractivity contribution in [2.24, 2.45) is 0 Å². The van der Waals surface area contributed by atoms with Crippen LogP contribution in [0.25, 0.3) is 0 Å². The van der Waals surface area contributed by atoms with Crippen molar-refractivity contribution in [3.8, 4) is 0 Å². The van der Waals surface area contributed by atoms with Crippen LogP contribution in [0, 0.1) is 0 Å². The van der Waals surface area contributed by atoms with Crippen molar-refractivity contribution in [2.45, 2.75) is 9.79 Å². The largest absolute Gasteiger partial charge is 0.465 e. The molecule has 20 heavy (non-hydrogen) atoms. The minimum atomic E-state index is -3.74. The molecule has 0 aliphatic heterocycles. The third kappa shape index (κ3) is 3.28. The first kappa shape index (κ1) is 16.0. The fraction of sp³-hybridized carbons (Fsp3) is 0. The maximum absolute atomic E-state index is 12.4. The van der Waals surface area contributed by atoms with Gasteiger partial charge in [-0.3, -0.25) is 5.32 Å². The molecule has 0 spiro atoms. The highest BCUT2D eigenvalue weighted by Crippen LogP contribution is 2.27. The van der Waals surface area contributed by atoms with Crippen LogP contribution < -0.4 is 5.32 Å². The maximum atomic E-state index is 12.4. The number of nitrogens with one attached hydrogen (secondary N) is 1. The Kier molecular flexibility index (Phi) is 5.12. The zero-order valence-corrected chi connectivity index (χ0v) is 11.8. The van der Waals surface area contributed by atoms with Gasteiger partial charge in [-0.15, -0.1) is 12.4 Å². The lowest BCUT2D eigenvalue weighted by Crippen LogP contribution is -2.12. The Labute approximate surface area is 122 Å². The third-order valence-electron chi connectivity index (χ3n) is 2.47. The fourth-order valence-electron chi connectivity index (χ4n) is 1.65. The Balaban J connectivity index is 0.00000200. The molecular formula is C13H12ClNO4S. The van der Waals surface area contributed by atoms with Crippen LogP contribution >= 0.6 is 12.4 Å². The van der Waals surface area contributed by atoms with Gasteiger partial charge in [0.2, 0.25) is 9.84 Å². The summed E-state index contributed by atoms with van der Waals surface area (Å²) < 4.78 is 24.8. The number of anilines is 1. The summed E-state index contributed by atoms with van der Waals surface area (Å²) in [5.74, 6) is 0. The molecule has 106 valence electrons. The van der Waals surface area contributed by atoms with Crippen molar-refractivity contribution in [1.82, 2.24) is 0 Å². The summed E-state index contributed by atoms with van der Waals surface area (Å²) in [7, 11) is -3.74. The third-order valence-corrected chi connectivity index (χ3v) is 4.30. The molecule has 5 nitrogen and oxygen atoms in total. The molecule has 0 aliphatic carbocycles. The quantitative estimate of drug-likeness (QED) is 0.912. The zero-order chi connectivity index (χ0) is 13.9. The summed E-state index contributed by atoms with van der Waals surface area (Å²) in [5.41, 5.74) is 0.0406. The van der Waals surface area contributed by atoms with Crippen molar-refractivity contribution >= 4 is 34.0 Å². The van der Waals surface area contributed by atoms with Crippen molar-refractivity contribution in [3.05, 3.63) is 54.6 Å². The Morgan fingerprint density at radius 1 is 0.950 bits per heavy atom. The predicted molar refractivity (Wildman–Crippen MR) is 77.2 cm³/mol. The van der Waals surface area contributed by atoms with Gasteiger partial charge < -0.3 is 5.11 Å². The first-order chi connectivity index (χ1) is 9.01. The van der Waals surface area contributed by atoms with E-state index >= 15 is 0 Å². The van der Waals surface area contributed by atoms with Crippen molar-refractivity contribution in [1.29, 1.82) is 0 Å². The number of hydrogen-bond donors (Lipinski definition) is 2. The molecule has 0 aromatic heterocycles. The van der Waals surface area contributed by atoms with Gasteiger partial charge in [0.15, 0.2) is 0 Å². The minimum absolute atomic E-state index is 0. The van der Waals surface area contributed by atoms with Crippen LogP contribution in [0.3, 0.4) is 0 Å². The summed E-state index contributed by atoms with van der Waals surface area (Å²) in [5, 5.41) is 10.8. The molecule has 0 bridgehead atoms. The second kappa shape index (κ2) is 6.40. The summed E-state index contributed by atoms with van der Waals surface area (Å²) in [6.45, 7) is 0. The number of rotatable bonds is 3.